The summed E-state index contributed by atoms with van der Waals surface area (Å²) in [4.78, 5) is -0.0442. The molecule has 1 aromatic rings. The van der Waals surface area contributed by atoms with Crippen LogP contribution in [0.5, 0.6) is 0 Å². The van der Waals surface area contributed by atoms with Crippen molar-refractivity contribution in [2.45, 2.75) is 11.3 Å². The molecular weight excluding hydrogens is 322 g/mol. The molecule has 19 heavy (non-hydrogen) atoms. The van der Waals surface area contributed by atoms with Gasteiger partial charge in [0.25, 0.3) is 0 Å². The lowest BCUT2D eigenvalue weighted by molar-refractivity contribution is 0.603. The molecule has 2 rings (SSSR count). The first-order valence-electron chi connectivity index (χ1n) is 5.46. The molecule has 0 spiro atoms. The van der Waals surface area contributed by atoms with Gasteiger partial charge in [-0.1, -0.05) is 11.6 Å². The van der Waals surface area contributed by atoms with E-state index in [1.165, 1.54) is 47.8 Å². The minimum atomic E-state index is -3.75. The molecule has 100 valence electrons. The van der Waals surface area contributed by atoms with Crippen LogP contribution in [0, 0.1) is 11.3 Å². The van der Waals surface area contributed by atoms with E-state index in [1.54, 1.807) is 0 Å². The fourth-order valence-electron chi connectivity index (χ4n) is 1.51. The van der Waals surface area contributed by atoms with Crippen molar-refractivity contribution in [1.82, 2.24) is 0 Å². The van der Waals surface area contributed by atoms with Crippen LogP contribution in [0.25, 0.3) is 0 Å². The van der Waals surface area contributed by atoms with E-state index in [-0.39, 0.29) is 9.80 Å². The van der Waals surface area contributed by atoms with Crippen molar-refractivity contribution < 1.29 is 8.42 Å². The number of rotatable bonds is 2. The van der Waals surface area contributed by atoms with Crippen molar-refractivity contribution in [3.05, 3.63) is 38.4 Å². The molecule has 0 atom stereocenters. The molecule has 7 heteroatoms. The van der Waals surface area contributed by atoms with E-state index in [4.69, 9.17) is 11.6 Å². The fraction of sp³-hybridized carbons (Fsp3) is 0.250. The molecule has 0 unspecified atom stereocenters. The van der Waals surface area contributed by atoms with E-state index in [1.807, 2.05) is 6.07 Å². The molecule has 1 aliphatic rings. The number of hydrogen-bond donors (Lipinski definition) is 0. The molecular formula is C12H10ClNO2S3. The maximum absolute atomic E-state index is 12.4. The fourth-order valence-corrected chi connectivity index (χ4v) is 6.03. The lowest BCUT2D eigenvalue weighted by atomic mass is 10.4. The summed E-state index contributed by atoms with van der Waals surface area (Å²) in [5.41, 5.74) is 0. The molecule has 0 radical (unpaired) electrons. The summed E-state index contributed by atoms with van der Waals surface area (Å²) in [5.74, 6) is 1.70. The average Bonchev–Trinajstić information content (AvgIpc) is 2.41. The minimum absolute atomic E-state index is 0.104. The summed E-state index contributed by atoms with van der Waals surface area (Å²) in [7, 11) is -3.75. The Balaban J connectivity index is 2.48. The summed E-state index contributed by atoms with van der Waals surface area (Å²) in [6.07, 6.45) is 1.03. The summed E-state index contributed by atoms with van der Waals surface area (Å²) in [5, 5.41) is 9.65. The first-order valence-corrected chi connectivity index (χ1v) is 9.29. The van der Waals surface area contributed by atoms with Crippen LogP contribution in [-0.2, 0) is 9.84 Å². The molecule has 0 N–H and O–H groups in total. The smallest absolute Gasteiger partial charge is 0.218 e. The maximum atomic E-state index is 12.4. The largest absolute Gasteiger partial charge is 0.218 e. The molecule has 1 fully saturated rings. The van der Waals surface area contributed by atoms with Gasteiger partial charge in [0.05, 0.1) is 9.13 Å². The van der Waals surface area contributed by atoms with E-state index < -0.39 is 9.84 Å². The number of allylic oxidation sites excluding steroid dienone is 1. The highest BCUT2D eigenvalue weighted by Crippen LogP contribution is 2.39. The predicted octanol–water partition coefficient (Wildman–Crippen LogP) is 3.68. The molecule has 1 aromatic carbocycles. The van der Waals surface area contributed by atoms with Crippen LogP contribution in [-0.4, -0.2) is 19.9 Å². The van der Waals surface area contributed by atoms with E-state index in [0.717, 1.165) is 17.9 Å². The zero-order valence-corrected chi connectivity index (χ0v) is 13.0. The van der Waals surface area contributed by atoms with Gasteiger partial charge in [0.2, 0.25) is 9.84 Å². The Morgan fingerprint density at radius 3 is 2.32 bits per heavy atom. The third kappa shape index (κ3) is 3.29. The van der Waals surface area contributed by atoms with Crippen molar-refractivity contribution >= 4 is 45.0 Å². The standard InChI is InChI=1S/C12H10ClNO2S3/c13-9-2-4-10(5-3-9)19(15,16)11(8-14)12-17-6-1-7-18-12/h2-5H,1,6-7H2. The Morgan fingerprint density at radius 1 is 1.21 bits per heavy atom. The average molecular weight is 332 g/mol. The molecule has 1 heterocycles. The first-order chi connectivity index (χ1) is 9.05. The molecule has 0 aliphatic carbocycles. The summed E-state index contributed by atoms with van der Waals surface area (Å²) in [6, 6.07) is 7.71. The van der Waals surface area contributed by atoms with Gasteiger partial charge in [0.1, 0.15) is 6.07 Å². The Kier molecular flexibility index (Phi) is 4.85. The number of nitrogens with zero attached hydrogens (tertiary/aromatic N) is 1. The Bertz CT molecular complexity index is 637. The minimum Gasteiger partial charge on any atom is -0.218 e. The van der Waals surface area contributed by atoms with Crippen LogP contribution < -0.4 is 0 Å². The summed E-state index contributed by atoms with van der Waals surface area (Å²) >= 11 is 8.61. The van der Waals surface area contributed by atoms with Gasteiger partial charge in [-0.05, 0) is 42.2 Å². The normalized spacial score (nSPS) is 15.9. The van der Waals surface area contributed by atoms with Gasteiger partial charge in [-0.15, -0.1) is 23.5 Å². The van der Waals surface area contributed by atoms with E-state index in [2.05, 4.69) is 0 Å². The van der Waals surface area contributed by atoms with Gasteiger partial charge in [0, 0.05) is 5.02 Å². The second-order valence-corrected chi connectivity index (χ2v) is 8.53. The van der Waals surface area contributed by atoms with E-state index in [9.17, 15) is 13.7 Å². The first kappa shape index (κ1) is 14.8. The zero-order chi connectivity index (χ0) is 13.9. The highest BCUT2D eigenvalue weighted by atomic mass is 35.5. The highest BCUT2D eigenvalue weighted by Gasteiger charge is 2.26. The number of halogens is 1. The Hall–Kier alpha value is -0.610. The van der Waals surface area contributed by atoms with Gasteiger partial charge in [-0.2, -0.15) is 5.26 Å². The molecule has 0 amide bonds. The van der Waals surface area contributed by atoms with Crippen molar-refractivity contribution in [3.63, 3.8) is 0 Å². The third-order valence-electron chi connectivity index (χ3n) is 2.43. The summed E-state index contributed by atoms with van der Waals surface area (Å²) in [6.45, 7) is 0. The molecule has 3 nitrogen and oxygen atoms in total. The molecule has 0 saturated carbocycles. The number of nitriles is 1. The van der Waals surface area contributed by atoms with Crippen LogP contribution in [0.15, 0.2) is 38.3 Å². The van der Waals surface area contributed by atoms with Crippen molar-refractivity contribution in [3.8, 4) is 6.07 Å². The Labute approximate surface area is 125 Å². The lowest BCUT2D eigenvalue weighted by Crippen LogP contribution is -2.07. The summed E-state index contributed by atoms with van der Waals surface area (Å²) < 4.78 is 25.4. The van der Waals surface area contributed by atoms with Crippen LogP contribution in [0.2, 0.25) is 5.02 Å². The quantitative estimate of drug-likeness (QED) is 0.774. The predicted molar refractivity (Wildman–Crippen MR) is 80.8 cm³/mol. The number of thioether (sulfide) groups is 2. The molecule has 0 aromatic heterocycles. The molecule has 1 saturated heterocycles. The topological polar surface area (TPSA) is 57.9 Å². The highest BCUT2D eigenvalue weighted by molar-refractivity contribution is 8.23. The van der Waals surface area contributed by atoms with Crippen LogP contribution in [0.4, 0.5) is 0 Å². The monoisotopic (exact) mass is 331 g/mol. The van der Waals surface area contributed by atoms with Crippen LogP contribution in [0.3, 0.4) is 0 Å². The number of benzene rings is 1. The number of sulfone groups is 1. The van der Waals surface area contributed by atoms with Gasteiger partial charge in [0.15, 0.2) is 4.91 Å². The number of hydrogen-bond acceptors (Lipinski definition) is 5. The second-order valence-electron chi connectivity index (χ2n) is 3.74. The van der Waals surface area contributed by atoms with Gasteiger partial charge in [-0.25, -0.2) is 8.42 Å². The van der Waals surface area contributed by atoms with Crippen molar-refractivity contribution in [2.24, 2.45) is 0 Å². The third-order valence-corrected chi connectivity index (χ3v) is 7.30. The Morgan fingerprint density at radius 2 is 1.79 bits per heavy atom. The van der Waals surface area contributed by atoms with Crippen LogP contribution in [0.1, 0.15) is 6.42 Å². The van der Waals surface area contributed by atoms with Gasteiger partial charge in [-0.3, -0.25) is 0 Å². The van der Waals surface area contributed by atoms with Gasteiger partial charge >= 0.3 is 0 Å². The maximum Gasteiger partial charge on any atom is 0.218 e. The van der Waals surface area contributed by atoms with E-state index >= 15 is 0 Å². The zero-order valence-electron chi connectivity index (χ0n) is 9.80. The van der Waals surface area contributed by atoms with E-state index in [0.29, 0.717) is 9.26 Å². The van der Waals surface area contributed by atoms with Crippen molar-refractivity contribution in [2.75, 3.05) is 11.5 Å². The molecule has 0 bridgehead atoms. The second kappa shape index (κ2) is 6.23. The molecule has 1 aliphatic heterocycles. The lowest BCUT2D eigenvalue weighted by Gasteiger charge is -2.14. The SMILES string of the molecule is N#CC(=C1SCCCS1)S(=O)(=O)c1ccc(Cl)cc1. The van der Waals surface area contributed by atoms with Crippen LogP contribution >= 0.6 is 35.1 Å². The van der Waals surface area contributed by atoms with Gasteiger partial charge < -0.3 is 0 Å². The van der Waals surface area contributed by atoms with Crippen molar-refractivity contribution in [1.29, 1.82) is 5.26 Å².